The summed E-state index contributed by atoms with van der Waals surface area (Å²) in [6, 6.07) is 10.9. The van der Waals surface area contributed by atoms with Crippen molar-refractivity contribution in [2.45, 2.75) is 39.2 Å². The zero-order valence-corrected chi connectivity index (χ0v) is 16.3. The number of carbonyl (C=O) groups excluding carboxylic acids is 3. The lowest BCUT2D eigenvalue weighted by Gasteiger charge is -2.16. The minimum atomic E-state index is -0.862. The monoisotopic (exact) mass is 383 g/mol. The van der Waals surface area contributed by atoms with Crippen LogP contribution in [0.3, 0.4) is 0 Å². The van der Waals surface area contributed by atoms with Gasteiger partial charge in [0.15, 0.2) is 5.78 Å². The average Bonchev–Trinajstić information content (AvgIpc) is 2.68. The second kappa shape index (κ2) is 9.69. The number of ketones is 1. The van der Waals surface area contributed by atoms with Crippen LogP contribution in [0.4, 0.5) is 0 Å². The summed E-state index contributed by atoms with van der Waals surface area (Å²) in [5.74, 6) is -0.966. The molecular weight excluding hydrogens is 358 g/mol. The molecule has 0 aliphatic rings. The van der Waals surface area contributed by atoms with E-state index in [4.69, 9.17) is 4.74 Å². The van der Waals surface area contributed by atoms with Crippen molar-refractivity contribution < 1.29 is 24.2 Å². The predicted octanol–water partition coefficient (Wildman–Crippen LogP) is 2.87. The van der Waals surface area contributed by atoms with Crippen molar-refractivity contribution >= 4 is 17.7 Å². The van der Waals surface area contributed by atoms with Crippen LogP contribution in [0, 0.1) is 13.8 Å². The van der Waals surface area contributed by atoms with Gasteiger partial charge in [0, 0.05) is 24.8 Å². The number of rotatable bonds is 8. The molecule has 6 heteroatoms. The van der Waals surface area contributed by atoms with Crippen molar-refractivity contribution in [3.63, 3.8) is 0 Å². The van der Waals surface area contributed by atoms with E-state index in [9.17, 15) is 19.5 Å². The van der Waals surface area contributed by atoms with Crippen molar-refractivity contribution in [2.75, 3.05) is 7.11 Å². The molecule has 0 radical (unpaired) electrons. The number of esters is 1. The molecule has 0 saturated carbocycles. The molecule has 6 nitrogen and oxygen atoms in total. The van der Waals surface area contributed by atoms with Crippen LogP contribution in [0.15, 0.2) is 42.5 Å². The number of Topliss-reactive ketones (excluding diaryl/α,β-unsaturated/α-hetero) is 1. The molecule has 0 aromatic heterocycles. The molecular formula is C22H25NO5. The van der Waals surface area contributed by atoms with Crippen molar-refractivity contribution in [3.8, 4) is 5.75 Å². The normalized spacial score (nSPS) is 11.5. The maximum Gasteiger partial charge on any atom is 0.328 e. The quantitative estimate of drug-likeness (QED) is 0.540. The summed E-state index contributed by atoms with van der Waals surface area (Å²) in [4.78, 5) is 36.6. The van der Waals surface area contributed by atoms with E-state index in [-0.39, 0.29) is 30.8 Å². The highest BCUT2D eigenvalue weighted by Crippen LogP contribution is 2.14. The van der Waals surface area contributed by atoms with Gasteiger partial charge in [0.1, 0.15) is 11.8 Å². The Labute approximate surface area is 164 Å². The van der Waals surface area contributed by atoms with Crippen LogP contribution in [0.5, 0.6) is 5.75 Å². The number of phenols is 1. The summed E-state index contributed by atoms with van der Waals surface area (Å²) < 4.78 is 4.76. The number of nitrogens with one attached hydrogen (secondary N) is 1. The summed E-state index contributed by atoms with van der Waals surface area (Å²) in [7, 11) is 1.25. The first-order valence-corrected chi connectivity index (χ1v) is 9.05. The Bertz CT molecular complexity index is 858. The second-order valence-electron chi connectivity index (χ2n) is 6.74. The number of hydrogen-bond acceptors (Lipinski definition) is 5. The van der Waals surface area contributed by atoms with Crippen molar-refractivity contribution in [2.24, 2.45) is 0 Å². The van der Waals surface area contributed by atoms with Crippen molar-refractivity contribution in [1.29, 1.82) is 0 Å². The molecule has 148 valence electrons. The molecule has 0 spiro atoms. The highest BCUT2D eigenvalue weighted by atomic mass is 16.5. The molecule has 0 fully saturated rings. The fraction of sp³-hybridized carbons (Fsp3) is 0.318. The maximum atomic E-state index is 12.3. The number of ether oxygens (including phenoxy) is 1. The smallest absolute Gasteiger partial charge is 0.328 e. The van der Waals surface area contributed by atoms with Gasteiger partial charge in [-0.25, -0.2) is 4.79 Å². The largest absolute Gasteiger partial charge is 0.508 e. The first kappa shape index (κ1) is 21.2. The molecule has 1 amide bonds. The molecule has 0 bridgehead atoms. The minimum Gasteiger partial charge on any atom is -0.508 e. The summed E-state index contributed by atoms with van der Waals surface area (Å²) >= 11 is 0. The Hall–Kier alpha value is -3.15. The number of amides is 1. The topological polar surface area (TPSA) is 92.7 Å². The first-order chi connectivity index (χ1) is 13.3. The van der Waals surface area contributed by atoms with Crippen LogP contribution in [0.25, 0.3) is 0 Å². The van der Waals surface area contributed by atoms with Gasteiger partial charge in [-0.15, -0.1) is 0 Å². The molecule has 1 atom stereocenters. The molecule has 2 aromatic rings. The van der Waals surface area contributed by atoms with E-state index in [1.165, 1.54) is 19.2 Å². The molecule has 28 heavy (non-hydrogen) atoms. The van der Waals surface area contributed by atoms with E-state index < -0.39 is 17.9 Å². The molecule has 2 rings (SSSR count). The summed E-state index contributed by atoms with van der Waals surface area (Å²) in [6.07, 6.45) is 0.264. The third kappa shape index (κ3) is 5.94. The van der Waals surface area contributed by atoms with E-state index in [0.717, 1.165) is 16.7 Å². The number of benzene rings is 2. The Balaban J connectivity index is 1.95. The lowest BCUT2D eigenvalue weighted by molar-refractivity contribution is -0.145. The highest BCUT2D eigenvalue weighted by molar-refractivity contribution is 5.98. The van der Waals surface area contributed by atoms with E-state index in [1.54, 1.807) is 18.2 Å². The second-order valence-corrected chi connectivity index (χ2v) is 6.74. The molecule has 1 unspecified atom stereocenters. The molecule has 0 aliphatic heterocycles. The predicted molar refractivity (Wildman–Crippen MR) is 105 cm³/mol. The van der Waals surface area contributed by atoms with Gasteiger partial charge >= 0.3 is 5.97 Å². The number of aromatic hydroxyl groups is 1. The van der Waals surface area contributed by atoms with E-state index >= 15 is 0 Å². The Kier molecular flexibility index (Phi) is 7.32. The summed E-state index contributed by atoms with van der Waals surface area (Å²) in [5, 5.41) is 12.0. The number of methoxy groups -OCH3 is 1. The molecule has 0 heterocycles. The van der Waals surface area contributed by atoms with Gasteiger partial charge in [-0.2, -0.15) is 0 Å². The van der Waals surface area contributed by atoms with Crippen LogP contribution in [-0.2, 0) is 20.7 Å². The van der Waals surface area contributed by atoms with Crippen molar-refractivity contribution in [3.05, 3.63) is 64.7 Å². The fourth-order valence-electron chi connectivity index (χ4n) is 2.76. The number of phenolic OH excluding ortho intramolecular Hbond substituents is 1. The SMILES string of the molecule is COC(=O)C(Cc1ccc(O)cc1)NC(=O)CCC(=O)c1ccc(C)c(C)c1. The van der Waals surface area contributed by atoms with Gasteiger partial charge in [0.2, 0.25) is 5.91 Å². The minimum absolute atomic E-state index is 0.0190. The zero-order chi connectivity index (χ0) is 20.7. The van der Waals surface area contributed by atoms with Crippen LogP contribution < -0.4 is 5.32 Å². The van der Waals surface area contributed by atoms with E-state index in [2.05, 4.69) is 5.32 Å². The summed E-state index contributed by atoms with van der Waals surface area (Å²) in [5.41, 5.74) is 3.46. The third-order valence-electron chi connectivity index (χ3n) is 4.61. The first-order valence-electron chi connectivity index (χ1n) is 9.05. The van der Waals surface area contributed by atoms with E-state index in [0.29, 0.717) is 5.56 Å². The van der Waals surface area contributed by atoms with Crippen LogP contribution in [0.2, 0.25) is 0 Å². The lowest BCUT2D eigenvalue weighted by Crippen LogP contribution is -2.43. The Morgan fingerprint density at radius 2 is 1.68 bits per heavy atom. The van der Waals surface area contributed by atoms with Gasteiger partial charge in [0.25, 0.3) is 0 Å². The Morgan fingerprint density at radius 1 is 1.00 bits per heavy atom. The zero-order valence-electron chi connectivity index (χ0n) is 16.3. The molecule has 2 N–H and O–H groups in total. The van der Waals surface area contributed by atoms with Gasteiger partial charge in [-0.05, 0) is 48.7 Å². The van der Waals surface area contributed by atoms with Crippen LogP contribution in [0.1, 0.15) is 39.9 Å². The standard InChI is InChI=1S/C22H25NO5/c1-14-4-7-17(12-15(14)2)20(25)10-11-21(26)23-19(22(27)28-3)13-16-5-8-18(24)9-6-16/h4-9,12,19,24H,10-11,13H2,1-3H3,(H,23,26). The van der Waals surface area contributed by atoms with Crippen LogP contribution in [-0.4, -0.2) is 35.9 Å². The van der Waals surface area contributed by atoms with Crippen molar-refractivity contribution in [1.82, 2.24) is 5.32 Å². The van der Waals surface area contributed by atoms with Gasteiger partial charge < -0.3 is 15.2 Å². The lowest BCUT2D eigenvalue weighted by atomic mass is 10.0. The number of aryl methyl sites for hydroxylation is 2. The fourth-order valence-corrected chi connectivity index (χ4v) is 2.76. The third-order valence-corrected chi connectivity index (χ3v) is 4.61. The van der Waals surface area contributed by atoms with Gasteiger partial charge in [0.05, 0.1) is 7.11 Å². The number of hydrogen-bond donors (Lipinski definition) is 2. The van der Waals surface area contributed by atoms with E-state index in [1.807, 2.05) is 26.0 Å². The summed E-state index contributed by atoms with van der Waals surface area (Å²) in [6.45, 7) is 3.90. The highest BCUT2D eigenvalue weighted by Gasteiger charge is 2.22. The number of carbonyl (C=O) groups is 3. The van der Waals surface area contributed by atoms with Gasteiger partial charge in [-0.1, -0.05) is 24.3 Å². The Morgan fingerprint density at radius 3 is 2.29 bits per heavy atom. The average molecular weight is 383 g/mol. The van der Waals surface area contributed by atoms with Crippen LogP contribution >= 0.6 is 0 Å². The molecule has 0 saturated heterocycles. The van der Waals surface area contributed by atoms with Gasteiger partial charge in [-0.3, -0.25) is 9.59 Å². The molecule has 0 aliphatic carbocycles. The molecule has 2 aromatic carbocycles. The maximum absolute atomic E-state index is 12.3.